The molecule has 1 aromatic carbocycles. The zero-order valence-electron chi connectivity index (χ0n) is 10.4. The first-order chi connectivity index (χ1) is 8.69. The van der Waals surface area contributed by atoms with Gasteiger partial charge in [-0.25, -0.2) is 0 Å². The molecular formula is C13H18ClNO2S. The predicted octanol–water partition coefficient (Wildman–Crippen LogP) is 2.66. The van der Waals surface area contributed by atoms with E-state index in [0.29, 0.717) is 25.3 Å². The largest absolute Gasteiger partial charge is 0.395 e. The van der Waals surface area contributed by atoms with Gasteiger partial charge in [0, 0.05) is 30.2 Å². The molecule has 0 aromatic heterocycles. The van der Waals surface area contributed by atoms with Crippen molar-refractivity contribution in [3.8, 4) is 0 Å². The molecule has 1 rings (SSSR count). The summed E-state index contributed by atoms with van der Waals surface area (Å²) in [5, 5.41) is 9.56. The number of thioether (sulfide) groups is 1. The molecule has 0 bridgehead atoms. The fourth-order valence-corrected chi connectivity index (χ4v) is 2.72. The normalized spacial score (nSPS) is 10.4. The molecule has 0 radical (unpaired) electrons. The molecule has 100 valence electrons. The number of likely N-dealkylation sites (N-methyl/N-ethyl adjacent to an activating group) is 1. The maximum atomic E-state index is 11.8. The van der Waals surface area contributed by atoms with E-state index >= 15 is 0 Å². The maximum absolute atomic E-state index is 11.8. The molecule has 0 aliphatic rings. The zero-order chi connectivity index (χ0) is 13.4. The lowest BCUT2D eigenvalue weighted by Crippen LogP contribution is -2.33. The molecule has 1 amide bonds. The molecule has 0 aliphatic heterocycles. The van der Waals surface area contributed by atoms with Crippen LogP contribution in [0.4, 0.5) is 0 Å². The Morgan fingerprint density at radius 2 is 2.17 bits per heavy atom. The Hall–Kier alpha value is -0.710. The van der Waals surface area contributed by atoms with E-state index in [2.05, 4.69) is 0 Å². The molecule has 0 saturated carbocycles. The number of halogens is 1. The van der Waals surface area contributed by atoms with Gasteiger partial charge in [-0.05, 0) is 19.1 Å². The summed E-state index contributed by atoms with van der Waals surface area (Å²) in [6, 6.07) is 7.61. The van der Waals surface area contributed by atoms with Gasteiger partial charge in [-0.1, -0.05) is 23.7 Å². The first-order valence-electron chi connectivity index (χ1n) is 5.95. The van der Waals surface area contributed by atoms with Crippen molar-refractivity contribution in [1.29, 1.82) is 0 Å². The van der Waals surface area contributed by atoms with Crippen LogP contribution in [0.1, 0.15) is 13.3 Å². The molecule has 0 heterocycles. The predicted molar refractivity (Wildman–Crippen MR) is 76.1 cm³/mol. The third kappa shape index (κ3) is 4.88. The van der Waals surface area contributed by atoms with Gasteiger partial charge in [0.1, 0.15) is 0 Å². The molecule has 0 atom stereocenters. The first kappa shape index (κ1) is 15.3. The average molecular weight is 288 g/mol. The van der Waals surface area contributed by atoms with Gasteiger partial charge in [0.15, 0.2) is 0 Å². The van der Waals surface area contributed by atoms with Crippen molar-refractivity contribution in [1.82, 2.24) is 4.90 Å². The Kier molecular flexibility index (Phi) is 7.16. The summed E-state index contributed by atoms with van der Waals surface area (Å²) in [5.41, 5.74) is 0. The van der Waals surface area contributed by atoms with E-state index in [-0.39, 0.29) is 12.5 Å². The van der Waals surface area contributed by atoms with Crippen molar-refractivity contribution >= 4 is 29.3 Å². The Labute approximate surface area is 117 Å². The van der Waals surface area contributed by atoms with Gasteiger partial charge >= 0.3 is 0 Å². The van der Waals surface area contributed by atoms with Crippen LogP contribution in [0.3, 0.4) is 0 Å². The van der Waals surface area contributed by atoms with Gasteiger partial charge in [0.05, 0.1) is 11.6 Å². The number of hydrogen-bond donors (Lipinski definition) is 1. The first-order valence-corrected chi connectivity index (χ1v) is 7.31. The van der Waals surface area contributed by atoms with Crippen LogP contribution in [0.15, 0.2) is 29.2 Å². The van der Waals surface area contributed by atoms with Crippen LogP contribution in [0.25, 0.3) is 0 Å². The molecule has 5 heteroatoms. The SMILES string of the molecule is CCN(CCO)C(=O)CCSc1ccccc1Cl. The van der Waals surface area contributed by atoms with Crippen LogP contribution in [0.5, 0.6) is 0 Å². The van der Waals surface area contributed by atoms with Crippen LogP contribution in [0, 0.1) is 0 Å². The number of benzene rings is 1. The second-order valence-electron chi connectivity index (χ2n) is 3.73. The van der Waals surface area contributed by atoms with Crippen LogP contribution in [-0.4, -0.2) is 41.4 Å². The minimum atomic E-state index is 0.0111. The number of nitrogens with zero attached hydrogens (tertiary/aromatic N) is 1. The van der Waals surface area contributed by atoms with Gasteiger partial charge in [0.2, 0.25) is 5.91 Å². The summed E-state index contributed by atoms with van der Waals surface area (Å²) in [5.74, 6) is 0.774. The number of aliphatic hydroxyl groups is 1. The fraction of sp³-hybridized carbons (Fsp3) is 0.462. The lowest BCUT2D eigenvalue weighted by molar-refractivity contribution is -0.131. The monoisotopic (exact) mass is 287 g/mol. The Balaban J connectivity index is 2.37. The number of amides is 1. The van der Waals surface area contributed by atoms with Crippen molar-refractivity contribution < 1.29 is 9.90 Å². The molecule has 1 N–H and O–H groups in total. The minimum absolute atomic E-state index is 0.0111. The highest BCUT2D eigenvalue weighted by Crippen LogP contribution is 2.26. The third-order valence-electron chi connectivity index (χ3n) is 2.51. The number of rotatable bonds is 7. The highest BCUT2D eigenvalue weighted by atomic mass is 35.5. The van der Waals surface area contributed by atoms with Crippen molar-refractivity contribution in [2.24, 2.45) is 0 Å². The van der Waals surface area contributed by atoms with E-state index in [9.17, 15) is 4.79 Å². The highest BCUT2D eigenvalue weighted by Gasteiger charge is 2.10. The maximum Gasteiger partial charge on any atom is 0.223 e. The zero-order valence-corrected chi connectivity index (χ0v) is 12.0. The summed E-state index contributed by atoms with van der Waals surface area (Å²) in [6.07, 6.45) is 0.462. The average Bonchev–Trinajstić information content (AvgIpc) is 2.38. The minimum Gasteiger partial charge on any atom is -0.395 e. The van der Waals surface area contributed by atoms with Gasteiger partial charge in [-0.2, -0.15) is 0 Å². The Morgan fingerprint density at radius 1 is 1.44 bits per heavy atom. The lowest BCUT2D eigenvalue weighted by atomic mass is 10.4. The lowest BCUT2D eigenvalue weighted by Gasteiger charge is -2.19. The standard InChI is InChI=1S/C13H18ClNO2S/c1-2-15(8-9-16)13(17)7-10-18-12-6-4-3-5-11(12)14/h3-6,16H,2,7-10H2,1H3. The molecule has 0 fully saturated rings. The van der Waals surface area contributed by atoms with E-state index in [1.54, 1.807) is 16.7 Å². The van der Waals surface area contributed by atoms with Gasteiger partial charge < -0.3 is 10.0 Å². The fourth-order valence-electron chi connectivity index (χ4n) is 1.55. The molecule has 3 nitrogen and oxygen atoms in total. The van der Waals surface area contributed by atoms with E-state index in [1.165, 1.54) is 0 Å². The summed E-state index contributed by atoms with van der Waals surface area (Å²) in [4.78, 5) is 14.5. The van der Waals surface area contributed by atoms with Crippen LogP contribution in [-0.2, 0) is 4.79 Å². The van der Waals surface area contributed by atoms with Crippen molar-refractivity contribution in [2.75, 3.05) is 25.4 Å². The molecule has 0 saturated heterocycles. The van der Waals surface area contributed by atoms with Crippen LogP contribution >= 0.6 is 23.4 Å². The Bertz CT molecular complexity index is 387. The highest BCUT2D eigenvalue weighted by molar-refractivity contribution is 7.99. The van der Waals surface area contributed by atoms with Gasteiger partial charge in [-0.15, -0.1) is 11.8 Å². The van der Waals surface area contributed by atoms with Crippen LogP contribution in [0.2, 0.25) is 5.02 Å². The van der Waals surface area contributed by atoms with E-state index in [1.807, 2.05) is 31.2 Å². The molecular weight excluding hydrogens is 270 g/mol. The number of carbonyl (C=O) groups is 1. The van der Waals surface area contributed by atoms with Gasteiger partial charge in [-0.3, -0.25) is 4.79 Å². The molecule has 0 aliphatic carbocycles. The molecule has 1 aromatic rings. The van der Waals surface area contributed by atoms with Gasteiger partial charge in [0.25, 0.3) is 0 Å². The van der Waals surface area contributed by atoms with E-state index in [4.69, 9.17) is 16.7 Å². The van der Waals surface area contributed by atoms with Crippen molar-refractivity contribution in [3.05, 3.63) is 29.3 Å². The summed E-state index contributed by atoms with van der Waals surface area (Å²) in [7, 11) is 0. The molecule has 0 spiro atoms. The Morgan fingerprint density at radius 3 is 2.78 bits per heavy atom. The summed E-state index contributed by atoms with van der Waals surface area (Å²) >= 11 is 7.61. The summed E-state index contributed by atoms with van der Waals surface area (Å²) < 4.78 is 0. The number of aliphatic hydroxyl groups excluding tert-OH is 1. The number of hydrogen-bond acceptors (Lipinski definition) is 3. The van der Waals surface area contributed by atoms with E-state index < -0.39 is 0 Å². The van der Waals surface area contributed by atoms with E-state index in [0.717, 1.165) is 9.92 Å². The second-order valence-corrected chi connectivity index (χ2v) is 5.27. The third-order valence-corrected chi connectivity index (χ3v) is 4.03. The number of carbonyl (C=O) groups excluding carboxylic acids is 1. The second kappa shape index (κ2) is 8.40. The van der Waals surface area contributed by atoms with Crippen molar-refractivity contribution in [3.63, 3.8) is 0 Å². The molecule has 18 heavy (non-hydrogen) atoms. The smallest absolute Gasteiger partial charge is 0.223 e. The quantitative estimate of drug-likeness (QED) is 0.784. The van der Waals surface area contributed by atoms with Crippen LogP contribution < -0.4 is 0 Å². The van der Waals surface area contributed by atoms with Crippen molar-refractivity contribution in [2.45, 2.75) is 18.2 Å². The molecule has 0 unspecified atom stereocenters. The topological polar surface area (TPSA) is 40.5 Å². The summed E-state index contributed by atoms with van der Waals surface area (Å²) in [6.45, 7) is 2.97.